The molecule has 2 rings (SSSR count). The highest BCUT2D eigenvalue weighted by atomic mass is 32.1. The van der Waals surface area contributed by atoms with Gasteiger partial charge in [0, 0.05) is 10.6 Å². The predicted molar refractivity (Wildman–Crippen MR) is 84.8 cm³/mol. The maximum Gasteiger partial charge on any atom is 0.121 e. The van der Waals surface area contributed by atoms with Gasteiger partial charge in [-0.1, -0.05) is 51.2 Å². The van der Waals surface area contributed by atoms with Crippen molar-refractivity contribution < 1.29 is 0 Å². The minimum absolute atomic E-state index is 0.186. The van der Waals surface area contributed by atoms with Gasteiger partial charge in [-0.3, -0.25) is 0 Å². The molecule has 0 aliphatic heterocycles. The van der Waals surface area contributed by atoms with Gasteiger partial charge in [0.1, 0.15) is 4.99 Å². The fourth-order valence-electron chi connectivity index (χ4n) is 1.58. The lowest BCUT2D eigenvalue weighted by Gasteiger charge is -2.15. The van der Waals surface area contributed by atoms with Gasteiger partial charge in [-0.25, -0.2) is 0 Å². The summed E-state index contributed by atoms with van der Waals surface area (Å²) >= 11 is 7.20. The van der Waals surface area contributed by atoms with Gasteiger partial charge in [0.2, 0.25) is 0 Å². The van der Waals surface area contributed by atoms with Crippen molar-refractivity contribution >= 4 is 34.2 Å². The molecule has 1 heterocycles. The van der Waals surface area contributed by atoms with Gasteiger partial charge in [-0.2, -0.15) is 0 Å². The van der Waals surface area contributed by atoms with E-state index in [0.29, 0.717) is 0 Å². The molecule has 1 nitrogen and oxygen atoms in total. The third-order valence-corrected chi connectivity index (χ3v) is 4.58. The predicted octanol–water partition coefficient (Wildman–Crippen LogP) is 4.83. The van der Waals surface area contributed by atoms with Crippen molar-refractivity contribution in [3.05, 3.63) is 52.2 Å². The second-order valence-electron chi connectivity index (χ2n) is 5.23. The van der Waals surface area contributed by atoms with E-state index in [-0.39, 0.29) is 5.41 Å². The molecule has 1 N–H and O–H groups in total. The molecule has 0 aliphatic rings. The molecular weight excluding hydrogens is 258 g/mol. The van der Waals surface area contributed by atoms with Crippen LogP contribution >= 0.6 is 23.6 Å². The van der Waals surface area contributed by atoms with Crippen molar-refractivity contribution in [2.75, 3.05) is 5.32 Å². The van der Waals surface area contributed by atoms with Crippen LogP contribution in [-0.2, 0) is 5.41 Å². The zero-order chi connectivity index (χ0) is 13.2. The largest absolute Gasteiger partial charge is 0.345 e. The van der Waals surface area contributed by atoms with Crippen LogP contribution in [0.15, 0.2) is 42.5 Å². The second kappa shape index (κ2) is 5.21. The highest BCUT2D eigenvalue weighted by molar-refractivity contribution is 7.81. The quantitative estimate of drug-likeness (QED) is 0.788. The molecule has 0 atom stereocenters. The zero-order valence-corrected chi connectivity index (χ0v) is 12.5. The Kier molecular flexibility index (Phi) is 3.83. The van der Waals surface area contributed by atoms with Crippen LogP contribution in [0.4, 0.5) is 5.69 Å². The van der Waals surface area contributed by atoms with E-state index in [1.54, 1.807) is 11.3 Å². The minimum Gasteiger partial charge on any atom is -0.345 e. The number of thiocarbonyl (C=S) groups is 1. The number of para-hydroxylation sites is 1. The first-order valence-corrected chi connectivity index (χ1v) is 7.16. The van der Waals surface area contributed by atoms with Crippen LogP contribution < -0.4 is 5.32 Å². The minimum atomic E-state index is 0.186. The van der Waals surface area contributed by atoms with Crippen molar-refractivity contribution in [1.82, 2.24) is 0 Å². The third-order valence-electron chi connectivity index (χ3n) is 2.60. The first-order chi connectivity index (χ1) is 8.47. The Labute approximate surface area is 118 Å². The van der Waals surface area contributed by atoms with E-state index in [9.17, 15) is 0 Å². The molecule has 18 heavy (non-hydrogen) atoms. The molecule has 0 fully saturated rings. The zero-order valence-electron chi connectivity index (χ0n) is 10.9. The second-order valence-corrected chi connectivity index (χ2v) is 6.73. The maximum absolute atomic E-state index is 5.44. The molecule has 3 heteroatoms. The number of hydrogen-bond acceptors (Lipinski definition) is 2. The molecule has 0 spiro atoms. The van der Waals surface area contributed by atoms with E-state index < -0.39 is 0 Å². The Morgan fingerprint density at radius 2 is 1.72 bits per heavy atom. The van der Waals surface area contributed by atoms with Gasteiger partial charge < -0.3 is 5.32 Å². The fraction of sp³-hybridized carbons (Fsp3) is 0.267. The van der Waals surface area contributed by atoms with Crippen molar-refractivity contribution in [3.8, 4) is 0 Å². The Morgan fingerprint density at radius 1 is 1.06 bits per heavy atom. The fourth-order valence-corrected chi connectivity index (χ4v) is 2.85. The SMILES string of the molecule is CC(C)(C)c1ccc(C(=S)Nc2ccccc2)s1. The van der Waals surface area contributed by atoms with Gasteiger partial charge >= 0.3 is 0 Å². The van der Waals surface area contributed by atoms with Crippen molar-refractivity contribution in [3.63, 3.8) is 0 Å². The first-order valence-electron chi connectivity index (χ1n) is 5.93. The molecular formula is C15H17NS2. The van der Waals surface area contributed by atoms with Crippen molar-refractivity contribution in [1.29, 1.82) is 0 Å². The summed E-state index contributed by atoms with van der Waals surface area (Å²) in [7, 11) is 0. The van der Waals surface area contributed by atoms with Crippen LogP contribution in [0.5, 0.6) is 0 Å². The maximum atomic E-state index is 5.44. The average Bonchev–Trinajstić information content (AvgIpc) is 2.79. The molecule has 0 unspecified atom stereocenters. The molecule has 2 aromatic rings. The van der Waals surface area contributed by atoms with E-state index in [2.05, 4.69) is 38.2 Å². The first kappa shape index (κ1) is 13.2. The molecule has 94 valence electrons. The van der Waals surface area contributed by atoms with Crippen LogP contribution in [0.3, 0.4) is 0 Å². The Hall–Kier alpha value is -1.19. The molecule has 1 aromatic heterocycles. The van der Waals surface area contributed by atoms with Crippen LogP contribution in [-0.4, -0.2) is 4.99 Å². The molecule has 0 bridgehead atoms. The molecule has 0 radical (unpaired) electrons. The van der Waals surface area contributed by atoms with Crippen LogP contribution in [0, 0.1) is 0 Å². The van der Waals surface area contributed by atoms with Gasteiger partial charge in [-0.15, -0.1) is 11.3 Å². The van der Waals surface area contributed by atoms with Crippen molar-refractivity contribution in [2.45, 2.75) is 26.2 Å². The summed E-state index contributed by atoms with van der Waals surface area (Å²) in [6.07, 6.45) is 0. The number of benzene rings is 1. The summed E-state index contributed by atoms with van der Waals surface area (Å²) in [6, 6.07) is 14.3. The lowest BCUT2D eigenvalue weighted by atomic mass is 9.95. The molecule has 0 saturated heterocycles. The smallest absolute Gasteiger partial charge is 0.121 e. The molecule has 0 aliphatic carbocycles. The van der Waals surface area contributed by atoms with Crippen LogP contribution in [0.25, 0.3) is 0 Å². The highest BCUT2D eigenvalue weighted by Gasteiger charge is 2.17. The highest BCUT2D eigenvalue weighted by Crippen LogP contribution is 2.30. The molecule has 1 aromatic carbocycles. The number of anilines is 1. The lowest BCUT2D eigenvalue weighted by molar-refractivity contribution is 0.604. The summed E-state index contributed by atoms with van der Waals surface area (Å²) < 4.78 is 0. The summed E-state index contributed by atoms with van der Waals surface area (Å²) in [6.45, 7) is 6.66. The molecule has 0 saturated carbocycles. The summed E-state index contributed by atoms with van der Waals surface area (Å²) in [5.74, 6) is 0. The number of thiophene rings is 1. The van der Waals surface area contributed by atoms with Gasteiger partial charge in [-0.05, 0) is 29.7 Å². The van der Waals surface area contributed by atoms with E-state index >= 15 is 0 Å². The van der Waals surface area contributed by atoms with E-state index in [0.717, 1.165) is 15.6 Å². The average molecular weight is 275 g/mol. The number of hydrogen-bond donors (Lipinski definition) is 1. The van der Waals surface area contributed by atoms with Crippen LogP contribution in [0.2, 0.25) is 0 Å². The van der Waals surface area contributed by atoms with Gasteiger partial charge in [0.25, 0.3) is 0 Å². The molecule has 0 amide bonds. The standard InChI is InChI=1S/C15H17NS2/c1-15(2,3)13-10-9-12(18-13)14(17)16-11-7-5-4-6-8-11/h4-10H,1-3H3,(H,16,17). The van der Waals surface area contributed by atoms with E-state index in [1.165, 1.54) is 4.88 Å². The number of rotatable bonds is 2. The monoisotopic (exact) mass is 275 g/mol. The Balaban J connectivity index is 2.13. The van der Waals surface area contributed by atoms with E-state index in [1.807, 2.05) is 30.3 Å². The van der Waals surface area contributed by atoms with Crippen molar-refractivity contribution in [2.24, 2.45) is 0 Å². The Morgan fingerprint density at radius 3 is 2.28 bits per heavy atom. The number of nitrogens with one attached hydrogen (secondary N) is 1. The summed E-state index contributed by atoms with van der Waals surface area (Å²) in [5.41, 5.74) is 1.22. The van der Waals surface area contributed by atoms with E-state index in [4.69, 9.17) is 12.2 Å². The summed E-state index contributed by atoms with van der Waals surface area (Å²) in [5, 5.41) is 3.26. The normalized spacial score (nSPS) is 11.3. The summed E-state index contributed by atoms with van der Waals surface area (Å²) in [4.78, 5) is 3.27. The topological polar surface area (TPSA) is 12.0 Å². The van der Waals surface area contributed by atoms with Gasteiger partial charge in [0.05, 0.1) is 4.88 Å². The Bertz CT molecular complexity index is 535. The lowest BCUT2D eigenvalue weighted by Crippen LogP contribution is -2.09. The third kappa shape index (κ3) is 3.18. The van der Waals surface area contributed by atoms with Gasteiger partial charge in [0.15, 0.2) is 0 Å². The van der Waals surface area contributed by atoms with Crippen LogP contribution in [0.1, 0.15) is 30.5 Å².